The van der Waals surface area contributed by atoms with E-state index in [0.29, 0.717) is 5.02 Å². The molecule has 5 heteroatoms. The first-order valence-electron chi connectivity index (χ1n) is 5.12. The number of carbonyl (C=O) groups is 1. The Morgan fingerprint density at radius 1 is 1.56 bits per heavy atom. The summed E-state index contributed by atoms with van der Waals surface area (Å²) in [6.07, 6.45) is 0.818. The van der Waals surface area contributed by atoms with E-state index in [0.717, 1.165) is 23.5 Å². The second-order valence-electron chi connectivity index (χ2n) is 3.63. The minimum absolute atomic E-state index is 0.0292. The van der Waals surface area contributed by atoms with Gasteiger partial charge >= 0.3 is 0 Å². The Kier molecular flexibility index (Phi) is 3.74. The van der Waals surface area contributed by atoms with E-state index in [2.05, 4.69) is 10.6 Å². The molecular weight excluding hydrogens is 244 g/mol. The zero-order chi connectivity index (χ0) is 11.5. The van der Waals surface area contributed by atoms with E-state index < -0.39 is 0 Å². The Bertz CT molecular complexity index is 411. The SMILES string of the molecule is CNCCC1Sc2cc(Cl)ccc2NC1=O. The van der Waals surface area contributed by atoms with Crippen LogP contribution >= 0.6 is 23.4 Å². The molecule has 2 rings (SSSR count). The van der Waals surface area contributed by atoms with Crippen LogP contribution in [0.25, 0.3) is 0 Å². The minimum Gasteiger partial charge on any atom is -0.324 e. The lowest BCUT2D eigenvalue weighted by Gasteiger charge is -2.24. The molecule has 1 aliphatic rings. The van der Waals surface area contributed by atoms with Gasteiger partial charge in [0, 0.05) is 9.92 Å². The van der Waals surface area contributed by atoms with Crippen molar-refractivity contribution >= 4 is 35.0 Å². The molecule has 86 valence electrons. The fraction of sp³-hybridized carbons (Fsp3) is 0.364. The van der Waals surface area contributed by atoms with E-state index >= 15 is 0 Å². The second-order valence-corrected chi connectivity index (χ2v) is 5.31. The maximum Gasteiger partial charge on any atom is 0.237 e. The fourth-order valence-corrected chi connectivity index (χ4v) is 2.97. The molecule has 1 atom stereocenters. The Morgan fingerprint density at radius 2 is 2.38 bits per heavy atom. The predicted octanol–water partition coefficient (Wildman–Crippen LogP) is 2.36. The molecule has 1 unspecified atom stereocenters. The third-order valence-corrected chi connectivity index (χ3v) is 3.98. The highest BCUT2D eigenvalue weighted by molar-refractivity contribution is 8.01. The number of fused-ring (bicyclic) bond motifs is 1. The first kappa shape index (κ1) is 11.8. The molecule has 16 heavy (non-hydrogen) atoms. The Balaban J connectivity index is 2.16. The number of nitrogens with one attached hydrogen (secondary N) is 2. The van der Waals surface area contributed by atoms with Gasteiger partial charge in [-0.1, -0.05) is 11.6 Å². The smallest absolute Gasteiger partial charge is 0.237 e. The Labute approximate surface area is 104 Å². The number of amides is 1. The van der Waals surface area contributed by atoms with Crippen molar-refractivity contribution in [2.45, 2.75) is 16.6 Å². The molecule has 0 fully saturated rings. The molecule has 1 aromatic carbocycles. The van der Waals surface area contributed by atoms with Gasteiger partial charge in [0.05, 0.1) is 10.9 Å². The number of halogens is 1. The van der Waals surface area contributed by atoms with Crippen LogP contribution < -0.4 is 10.6 Å². The second kappa shape index (κ2) is 5.08. The minimum atomic E-state index is -0.0292. The predicted molar refractivity (Wildman–Crippen MR) is 68.3 cm³/mol. The van der Waals surface area contributed by atoms with E-state index in [9.17, 15) is 4.79 Å². The number of benzene rings is 1. The van der Waals surface area contributed by atoms with Crippen molar-refractivity contribution in [1.29, 1.82) is 0 Å². The van der Waals surface area contributed by atoms with Gasteiger partial charge in [-0.05, 0) is 38.2 Å². The Morgan fingerprint density at radius 3 is 3.12 bits per heavy atom. The van der Waals surface area contributed by atoms with E-state index in [1.165, 1.54) is 0 Å². The van der Waals surface area contributed by atoms with Crippen molar-refractivity contribution < 1.29 is 4.79 Å². The monoisotopic (exact) mass is 256 g/mol. The summed E-state index contributed by atoms with van der Waals surface area (Å²) in [4.78, 5) is 12.8. The zero-order valence-electron chi connectivity index (χ0n) is 8.92. The van der Waals surface area contributed by atoms with Crippen molar-refractivity contribution in [2.24, 2.45) is 0 Å². The summed E-state index contributed by atoms with van der Waals surface area (Å²) in [7, 11) is 1.89. The third-order valence-electron chi connectivity index (χ3n) is 2.42. The van der Waals surface area contributed by atoms with Gasteiger partial charge in [-0.15, -0.1) is 11.8 Å². The van der Waals surface area contributed by atoms with Gasteiger partial charge in [0.1, 0.15) is 0 Å². The summed E-state index contributed by atoms with van der Waals surface area (Å²) in [5.74, 6) is 0.0788. The average molecular weight is 257 g/mol. The van der Waals surface area contributed by atoms with Crippen LogP contribution in [-0.4, -0.2) is 24.7 Å². The first-order valence-corrected chi connectivity index (χ1v) is 6.38. The summed E-state index contributed by atoms with van der Waals surface area (Å²) in [5.41, 5.74) is 0.861. The van der Waals surface area contributed by atoms with Crippen molar-refractivity contribution in [3.63, 3.8) is 0 Å². The summed E-state index contributed by atoms with van der Waals surface area (Å²) in [6.45, 7) is 0.834. The van der Waals surface area contributed by atoms with E-state index in [1.54, 1.807) is 17.8 Å². The van der Waals surface area contributed by atoms with Crippen molar-refractivity contribution in [2.75, 3.05) is 18.9 Å². The lowest BCUT2D eigenvalue weighted by molar-refractivity contribution is -0.115. The van der Waals surface area contributed by atoms with E-state index in [4.69, 9.17) is 11.6 Å². The first-order chi connectivity index (χ1) is 7.70. The number of hydrogen-bond donors (Lipinski definition) is 2. The average Bonchev–Trinajstić information content (AvgIpc) is 2.27. The van der Waals surface area contributed by atoms with Crippen molar-refractivity contribution in [1.82, 2.24) is 5.32 Å². The Hall–Kier alpha value is -0.710. The molecule has 1 amide bonds. The number of carbonyl (C=O) groups excluding carboxylic acids is 1. The normalized spacial score (nSPS) is 19.1. The van der Waals surface area contributed by atoms with Gasteiger partial charge in [0.2, 0.25) is 5.91 Å². The van der Waals surface area contributed by atoms with Gasteiger partial charge in [-0.3, -0.25) is 4.79 Å². The fourth-order valence-electron chi connectivity index (χ4n) is 1.58. The summed E-state index contributed by atoms with van der Waals surface area (Å²) in [6, 6.07) is 5.53. The molecule has 0 saturated carbocycles. The standard InChI is InChI=1S/C11H13ClN2OS/c1-13-5-4-9-11(15)14-8-3-2-7(12)6-10(8)16-9/h2-3,6,9,13H,4-5H2,1H3,(H,14,15). The van der Waals surface area contributed by atoms with Crippen LogP contribution in [0.15, 0.2) is 23.1 Å². The number of hydrogen-bond acceptors (Lipinski definition) is 3. The molecule has 0 radical (unpaired) electrons. The maximum absolute atomic E-state index is 11.8. The molecule has 0 bridgehead atoms. The van der Waals surface area contributed by atoms with Crippen LogP contribution in [0.3, 0.4) is 0 Å². The summed E-state index contributed by atoms with van der Waals surface area (Å²) in [5, 5.41) is 6.63. The van der Waals surface area contributed by atoms with E-state index in [-0.39, 0.29) is 11.2 Å². The zero-order valence-corrected chi connectivity index (χ0v) is 10.5. The van der Waals surface area contributed by atoms with Gasteiger partial charge in [0.25, 0.3) is 0 Å². The topological polar surface area (TPSA) is 41.1 Å². The van der Waals surface area contributed by atoms with E-state index in [1.807, 2.05) is 19.2 Å². The number of anilines is 1. The maximum atomic E-state index is 11.8. The lowest BCUT2D eigenvalue weighted by atomic mass is 10.2. The van der Waals surface area contributed by atoms with Crippen LogP contribution in [0.2, 0.25) is 5.02 Å². The van der Waals surface area contributed by atoms with Gasteiger partial charge in [-0.2, -0.15) is 0 Å². The lowest BCUT2D eigenvalue weighted by Crippen LogP contribution is -2.31. The molecule has 0 aliphatic carbocycles. The van der Waals surface area contributed by atoms with Crippen LogP contribution in [0, 0.1) is 0 Å². The van der Waals surface area contributed by atoms with Crippen LogP contribution in [-0.2, 0) is 4.79 Å². The molecular formula is C11H13ClN2OS. The molecule has 0 spiro atoms. The molecule has 0 aromatic heterocycles. The molecule has 1 aliphatic heterocycles. The third kappa shape index (κ3) is 2.51. The van der Waals surface area contributed by atoms with Crippen LogP contribution in [0.1, 0.15) is 6.42 Å². The molecule has 1 aromatic rings. The van der Waals surface area contributed by atoms with Gasteiger partial charge < -0.3 is 10.6 Å². The number of thioether (sulfide) groups is 1. The highest BCUT2D eigenvalue weighted by atomic mass is 35.5. The van der Waals surface area contributed by atoms with Crippen molar-refractivity contribution in [3.8, 4) is 0 Å². The summed E-state index contributed by atoms with van der Waals surface area (Å²) >= 11 is 7.51. The van der Waals surface area contributed by atoms with Gasteiger partial charge in [0.15, 0.2) is 0 Å². The highest BCUT2D eigenvalue weighted by Gasteiger charge is 2.26. The summed E-state index contributed by atoms with van der Waals surface area (Å²) < 4.78 is 0. The quantitative estimate of drug-likeness (QED) is 0.872. The molecule has 0 saturated heterocycles. The van der Waals surface area contributed by atoms with Crippen LogP contribution in [0.4, 0.5) is 5.69 Å². The molecule has 3 nitrogen and oxygen atoms in total. The largest absolute Gasteiger partial charge is 0.324 e. The van der Waals surface area contributed by atoms with Gasteiger partial charge in [-0.25, -0.2) is 0 Å². The molecule has 2 N–H and O–H groups in total. The van der Waals surface area contributed by atoms with Crippen molar-refractivity contribution in [3.05, 3.63) is 23.2 Å². The number of rotatable bonds is 3. The highest BCUT2D eigenvalue weighted by Crippen LogP contribution is 2.38. The van der Waals surface area contributed by atoms with Crippen LogP contribution in [0.5, 0.6) is 0 Å². The molecule has 1 heterocycles.